The van der Waals surface area contributed by atoms with Crippen molar-refractivity contribution in [2.24, 2.45) is 0 Å². The molecule has 0 fully saturated rings. The molecule has 1 N–H and O–H groups in total. The number of methoxy groups -OCH3 is 1. The summed E-state index contributed by atoms with van der Waals surface area (Å²) >= 11 is 0. The topological polar surface area (TPSA) is 38.3 Å². The molecule has 3 heteroatoms. The van der Waals surface area contributed by atoms with Crippen molar-refractivity contribution >= 4 is 16.7 Å². The molecule has 0 atom stereocenters. The first-order chi connectivity index (χ1) is 12.2. The number of hydrogen-bond donors (Lipinski definition) is 1. The van der Waals surface area contributed by atoms with Gasteiger partial charge in [-0.3, -0.25) is 4.79 Å². The molecule has 3 aromatic carbocycles. The molecule has 128 valence electrons. The molecule has 3 rings (SSSR count). The van der Waals surface area contributed by atoms with Crippen molar-refractivity contribution in [1.29, 1.82) is 0 Å². The van der Waals surface area contributed by atoms with E-state index >= 15 is 0 Å². The molecule has 3 aromatic rings. The Hall–Kier alpha value is -2.81. The van der Waals surface area contributed by atoms with Gasteiger partial charge in [0.2, 0.25) is 0 Å². The maximum absolute atomic E-state index is 12.5. The van der Waals surface area contributed by atoms with Gasteiger partial charge in [-0.25, -0.2) is 0 Å². The van der Waals surface area contributed by atoms with E-state index in [1.54, 1.807) is 7.11 Å². The van der Waals surface area contributed by atoms with E-state index < -0.39 is 0 Å². The van der Waals surface area contributed by atoms with Crippen LogP contribution >= 0.6 is 0 Å². The number of carbonyl (C=O) groups is 1. The zero-order valence-electron chi connectivity index (χ0n) is 14.7. The Bertz CT molecular complexity index is 886. The van der Waals surface area contributed by atoms with Crippen molar-refractivity contribution in [2.75, 3.05) is 13.7 Å². The molecule has 0 heterocycles. The third kappa shape index (κ3) is 4.18. The minimum absolute atomic E-state index is 0.0909. The van der Waals surface area contributed by atoms with Crippen LogP contribution in [0.15, 0.2) is 60.7 Å². The number of carbonyl (C=O) groups excluding carboxylic acids is 1. The fraction of sp³-hybridized carbons (Fsp3) is 0.227. The number of nitrogens with one attached hydrogen (secondary N) is 1. The van der Waals surface area contributed by atoms with Crippen LogP contribution in [0.2, 0.25) is 0 Å². The highest BCUT2D eigenvalue weighted by Crippen LogP contribution is 2.25. The summed E-state index contributed by atoms with van der Waals surface area (Å²) in [7, 11) is 1.60. The van der Waals surface area contributed by atoms with E-state index in [0.29, 0.717) is 17.9 Å². The van der Waals surface area contributed by atoms with Crippen LogP contribution in [0.1, 0.15) is 27.9 Å². The van der Waals surface area contributed by atoms with Crippen LogP contribution < -0.4 is 10.1 Å². The second kappa shape index (κ2) is 7.84. The molecule has 0 saturated heterocycles. The number of rotatable bonds is 6. The van der Waals surface area contributed by atoms with Gasteiger partial charge in [-0.1, -0.05) is 54.1 Å². The summed E-state index contributed by atoms with van der Waals surface area (Å²) in [6.45, 7) is 2.74. The number of benzene rings is 3. The van der Waals surface area contributed by atoms with Gasteiger partial charge in [0.25, 0.3) is 5.91 Å². The lowest BCUT2D eigenvalue weighted by molar-refractivity contribution is 0.0950. The normalized spacial score (nSPS) is 10.6. The van der Waals surface area contributed by atoms with Crippen LogP contribution in [0, 0.1) is 6.92 Å². The highest BCUT2D eigenvalue weighted by molar-refractivity contribution is 6.01. The number of hydrogen-bond acceptors (Lipinski definition) is 2. The molecule has 0 aliphatic carbocycles. The monoisotopic (exact) mass is 333 g/mol. The summed E-state index contributed by atoms with van der Waals surface area (Å²) in [5.41, 5.74) is 3.15. The van der Waals surface area contributed by atoms with Crippen LogP contribution in [0.25, 0.3) is 10.8 Å². The van der Waals surface area contributed by atoms with Gasteiger partial charge in [-0.2, -0.15) is 0 Å². The summed E-state index contributed by atoms with van der Waals surface area (Å²) in [5.74, 6) is 0.515. The SMILES string of the molecule is COc1cc2ccccc2cc1C(=O)NCCCc1cccc(C)c1. The Balaban J connectivity index is 1.63. The zero-order valence-corrected chi connectivity index (χ0v) is 14.7. The van der Waals surface area contributed by atoms with Crippen molar-refractivity contribution in [3.63, 3.8) is 0 Å². The first-order valence-corrected chi connectivity index (χ1v) is 8.58. The third-order valence-corrected chi connectivity index (χ3v) is 4.32. The Morgan fingerprint density at radius 1 is 1.00 bits per heavy atom. The Kier molecular flexibility index (Phi) is 5.34. The quantitative estimate of drug-likeness (QED) is 0.674. The molecule has 0 saturated carbocycles. The van der Waals surface area contributed by atoms with E-state index in [2.05, 4.69) is 36.5 Å². The molecular weight excluding hydrogens is 310 g/mol. The van der Waals surface area contributed by atoms with Crippen LogP contribution in [-0.2, 0) is 6.42 Å². The van der Waals surface area contributed by atoms with Gasteiger partial charge in [-0.05, 0) is 48.2 Å². The molecule has 0 radical (unpaired) electrons. The van der Waals surface area contributed by atoms with Gasteiger partial charge in [0.1, 0.15) is 5.75 Å². The minimum atomic E-state index is -0.0909. The van der Waals surface area contributed by atoms with Gasteiger partial charge in [0.05, 0.1) is 12.7 Å². The van der Waals surface area contributed by atoms with Crippen LogP contribution in [0.5, 0.6) is 5.75 Å². The molecule has 0 unspecified atom stereocenters. The molecular formula is C22H23NO2. The van der Waals surface area contributed by atoms with Gasteiger partial charge in [-0.15, -0.1) is 0 Å². The fourth-order valence-corrected chi connectivity index (χ4v) is 3.02. The van der Waals surface area contributed by atoms with Crippen LogP contribution in [0.4, 0.5) is 0 Å². The number of fused-ring (bicyclic) bond motifs is 1. The van der Waals surface area contributed by atoms with Crippen molar-refractivity contribution < 1.29 is 9.53 Å². The molecule has 25 heavy (non-hydrogen) atoms. The maximum Gasteiger partial charge on any atom is 0.255 e. The second-order valence-corrected chi connectivity index (χ2v) is 6.25. The summed E-state index contributed by atoms with van der Waals surface area (Å²) in [4.78, 5) is 12.5. The maximum atomic E-state index is 12.5. The lowest BCUT2D eigenvalue weighted by atomic mass is 10.0. The zero-order chi connectivity index (χ0) is 17.6. The highest BCUT2D eigenvalue weighted by atomic mass is 16.5. The lowest BCUT2D eigenvalue weighted by Gasteiger charge is -2.11. The summed E-state index contributed by atoms with van der Waals surface area (Å²) in [6, 6.07) is 20.3. The average molecular weight is 333 g/mol. The van der Waals surface area contributed by atoms with E-state index in [1.807, 2.05) is 36.4 Å². The first-order valence-electron chi connectivity index (χ1n) is 8.58. The van der Waals surface area contributed by atoms with Gasteiger partial charge in [0.15, 0.2) is 0 Å². The predicted molar refractivity (Wildman–Crippen MR) is 102 cm³/mol. The van der Waals surface area contributed by atoms with Crippen LogP contribution in [0.3, 0.4) is 0 Å². The molecule has 0 spiro atoms. The van der Waals surface area contributed by atoms with Crippen molar-refractivity contribution in [1.82, 2.24) is 5.32 Å². The summed E-state index contributed by atoms with van der Waals surface area (Å²) in [5, 5.41) is 5.10. The minimum Gasteiger partial charge on any atom is -0.496 e. The fourth-order valence-electron chi connectivity index (χ4n) is 3.02. The molecule has 0 aliphatic heterocycles. The molecule has 0 bridgehead atoms. The molecule has 0 aliphatic rings. The van der Waals surface area contributed by atoms with E-state index in [1.165, 1.54) is 11.1 Å². The van der Waals surface area contributed by atoms with E-state index in [9.17, 15) is 4.79 Å². The Labute approximate surface area is 148 Å². The second-order valence-electron chi connectivity index (χ2n) is 6.25. The predicted octanol–water partition coefficient (Wildman–Crippen LogP) is 4.52. The van der Waals surface area contributed by atoms with Crippen molar-refractivity contribution in [2.45, 2.75) is 19.8 Å². The lowest BCUT2D eigenvalue weighted by Crippen LogP contribution is -2.25. The van der Waals surface area contributed by atoms with E-state index in [-0.39, 0.29) is 5.91 Å². The van der Waals surface area contributed by atoms with Gasteiger partial charge < -0.3 is 10.1 Å². The highest BCUT2D eigenvalue weighted by Gasteiger charge is 2.13. The smallest absolute Gasteiger partial charge is 0.255 e. The Morgan fingerprint density at radius 3 is 2.48 bits per heavy atom. The van der Waals surface area contributed by atoms with Crippen LogP contribution in [-0.4, -0.2) is 19.6 Å². The summed E-state index contributed by atoms with van der Waals surface area (Å²) in [6.07, 6.45) is 1.86. The summed E-state index contributed by atoms with van der Waals surface area (Å²) < 4.78 is 5.40. The van der Waals surface area contributed by atoms with Gasteiger partial charge in [0, 0.05) is 6.54 Å². The Morgan fingerprint density at radius 2 is 1.76 bits per heavy atom. The van der Waals surface area contributed by atoms with Crippen molar-refractivity contribution in [3.05, 3.63) is 77.4 Å². The average Bonchev–Trinajstić information content (AvgIpc) is 2.64. The molecule has 0 aromatic heterocycles. The first kappa shape index (κ1) is 17.0. The van der Waals surface area contributed by atoms with Crippen molar-refractivity contribution in [3.8, 4) is 5.75 Å². The number of ether oxygens (including phenoxy) is 1. The number of amides is 1. The van der Waals surface area contributed by atoms with E-state index in [0.717, 1.165) is 23.6 Å². The van der Waals surface area contributed by atoms with E-state index in [4.69, 9.17) is 4.74 Å². The number of aryl methyl sites for hydroxylation is 2. The molecule has 3 nitrogen and oxygen atoms in total. The van der Waals surface area contributed by atoms with Gasteiger partial charge >= 0.3 is 0 Å². The largest absolute Gasteiger partial charge is 0.496 e. The standard InChI is InChI=1S/C22H23NO2/c1-16-7-5-8-17(13-16)9-6-12-23-22(24)20-14-18-10-3-4-11-19(18)15-21(20)25-2/h3-5,7-8,10-11,13-15H,6,9,12H2,1-2H3,(H,23,24). The molecule has 1 amide bonds. The third-order valence-electron chi connectivity index (χ3n) is 4.32.